The van der Waals surface area contributed by atoms with E-state index in [1.165, 1.54) is 0 Å². The molecule has 31 heavy (non-hydrogen) atoms. The van der Waals surface area contributed by atoms with Crippen LogP contribution in [0.25, 0.3) is 21.7 Å². The van der Waals surface area contributed by atoms with E-state index in [1.807, 2.05) is 0 Å². The van der Waals surface area contributed by atoms with Crippen molar-refractivity contribution in [2.75, 3.05) is 81.2 Å². The van der Waals surface area contributed by atoms with Crippen LogP contribution in [0.5, 0.6) is 0 Å². The van der Waals surface area contributed by atoms with Gasteiger partial charge in [0.1, 0.15) is 4.70 Å². The molecule has 5 rings (SSSR count). The molecule has 0 atom stereocenters. The molecule has 2 aliphatic heterocycles. The first-order chi connectivity index (χ1) is 15.2. The summed E-state index contributed by atoms with van der Waals surface area (Å²) in [7, 11) is 0. The van der Waals surface area contributed by atoms with Gasteiger partial charge in [-0.25, -0.2) is 19.9 Å². The van der Waals surface area contributed by atoms with Crippen molar-refractivity contribution in [2.45, 2.75) is 0 Å². The van der Waals surface area contributed by atoms with E-state index in [4.69, 9.17) is 25.4 Å². The number of ether oxygens (including phenoxy) is 1. The third-order valence-electron chi connectivity index (χ3n) is 5.52. The number of aliphatic hydroxyl groups is 1. The van der Waals surface area contributed by atoms with Crippen LogP contribution < -0.4 is 15.5 Å². The van der Waals surface area contributed by atoms with E-state index in [0.29, 0.717) is 36.8 Å². The highest BCUT2D eigenvalue weighted by Crippen LogP contribution is 2.36. The van der Waals surface area contributed by atoms with Crippen molar-refractivity contribution in [3.63, 3.8) is 0 Å². The lowest BCUT2D eigenvalue weighted by Gasteiger charge is -2.34. The molecule has 3 aromatic rings. The minimum Gasteiger partial charge on any atom is -0.395 e. The summed E-state index contributed by atoms with van der Waals surface area (Å²) in [5.41, 5.74) is 7.03. The van der Waals surface area contributed by atoms with Gasteiger partial charge in [-0.05, 0) is 0 Å². The Morgan fingerprint density at radius 3 is 2.42 bits per heavy atom. The van der Waals surface area contributed by atoms with Gasteiger partial charge in [0.05, 0.1) is 25.4 Å². The molecule has 11 nitrogen and oxygen atoms in total. The molecule has 0 aromatic carbocycles. The lowest BCUT2D eigenvalue weighted by Crippen LogP contribution is -2.47. The molecular formula is C19H25N9O2S. The number of rotatable bonds is 5. The van der Waals surface area contributed by atoms with Crippen LogP contribution >= 0.6 is 11.3 Å². The second kappa shape index (κ2) is 8.83. The van der Waals surface area contributed by atoms with Crippen LogP contribution in [0.4, 0.5) is 16.9 Å². The average Bonchev–Trinajstić information content (AvgIpc) is 3.24. The fraction of sp³-hybridized carbons (Fsp3) is 0.526. The zero-order valence-electron chi connectivity index (χ0n) is 17.1. The normalized spacial score (nSPS) is 18.1. The van der Waals surface area contributed by atoms with Gasteiger partial charge in [0.15, 0.2) is 22.4 Å². The van der Waals surface area contributed by atoms with Gasteiger partial charge in [-0.3, -0.25) is 4.90 Å². The Bertz CT molecular complexity index is 1030. The third kappa shape index (κ3) is 4.24. The molecule has 12 heteroatoms. The smallest absolute Gasteiger partial charge is 0.219 e. The summed E-state index contributed by atoms with van der Waals surface area (Å²) < 4.78 is 6.51. The van der Waals surface area contributed by atoms with E-state index < -0.39 is 0 Å². The summed E-state index contributed by atoms with van der Waals surface area (Å²) in [6.45, 7) is 7.36. The van der Waals surface area contributed by atoms with E-state index in [2.05, 4.69) is 24.7 Å². The largest absolute Gasteiger partial charge is 0.395 e. The molecule has 0 radical (unpaired) electrons. The Morgan fingerprint density at radius 1 is 0.968 bits per heavy atom. The van der Waals surface area contributed by atoms with Gasteiger partial charge >= 0.3 is 0 Å². The molecule has 3 N–H and O–H groups in total. The van der Waals surface area contributed by atoms with Gasteiger partial charge in [-0.15, -0.1) is 0 Å². The number of hydrogen-bond acceptors (Lipinski definition) is 12. The number of nitrogens with zero attached hydrogens (tertiary/aromatic N) is 8. The zero-order valence-corrected chi connectivity index (χ0v) is 18.0. The Kier molecular flexibility index (Phi) is 5.76. The first-order valence-corrected chi connectivity index (χ1v) is 11.2. The number of aliphatic hydroxyl groups excluding tert-OH is 1. The number of hydrogen-bond donors (Lipinski definition) is 2. The third-order valence-corrected chi connectivity index (χ3v) is 6.63. The number of fused-ring (bicyclic) bond motifs is 1. The van der Waals surface area contributed by atoms with Crippen LogP contribution in [-0.4, -0.2) is 101 Å². The standard InChI is InChI=1S/C19H25N9O2S/c20-18-21-11-13(12-22-18)15-23-16-14(17(24-15)27-6-9-30-10-7-27)31-19(25-16)28-3-1-26(2-4-28)5-8-29/h11-12,29H,1-10H2,(H2,20,21,22). The van der Waals surface area contributed by atoms with Crippen molar-refractivity contribution in [3.05, 3.63) is 12.4 Å². The zero-order chi connectivity index (χ0) is 21.2. The lowest BCUT2D eigenvalue weighted by atomic mass is 10.3. The minimum absolute atomic E-state index is 0.192. The van der Waals surface area contributed by atoms with Crippen molar-refractivity contribution in [3.8, 4) is 11.4 Å². The van der Waals surface area contributed by atoms with Crippen LogP contribution in [0.3, 0.4) is 0 Å². The van der Waals surface area contributed by atoms with E-state index in [9.17, 15) is 5.11 Å². The van der Waals surface area contributed by atoms with Crippen LogP contribution in [0.2, 0.25) is 0 Å². The molecule has 0 amide bonds. The highest BCUT2D eigenvalue weighted by molar-refractivity contribution is 7.22. The monoisotopic (exact) mass is 443 g/mol. The number of thiazole rings is 1. The quantitative estimate of drug-likeness (QED) is 0.556. The highest BCUT2D eigenvalue weighted by atomic mass is 32.1. The highest BCUT2D eigenvalue weighted by Gasteiger charge is 2.24. The molecule has 0 aliphatic carbocycles. The molecule has 2 aliphatic rings. The van der Waals surface area contributed by atoms with E-state index in [1.54, 1.807) is 23.7 Å². The number of aromatic nitrogens is 5. The van der Waals surface area contributed by atoms with Crippen molar-refractivity contribution in [2.24, 2.45) is 0 Å². The summed E-state index contributed by atoms with van der Waals surface area (Å²) >= 11 is 1.63. The number of nitrogens with two attached hydrogens (primary N) is 1. The number of morpholine rings is 1. The van der Waals surface area contributed by atoms with Crippen molar-refractivity contribution in [1.29, 1.82) is 0 Å². The topological polar surface area (TPSA) is 130 Å². The van der Waals surface area contributed by atoms with Crippen LogP contribution in [-0.2, 0) is 4.74 Å². The Labute approximate surface area is 183 Å². The van der Waals surface area contributed by atoms with Crippen molar-refractivity contribution < 1.29 is 9.84 Å². The molecule has 2 fully saturated rings. The number of nitrogen functional groups attached to an aromatic ring is 1. The summed E-state index contributed by atoms with van der Waals surface area (Å²) in [6, 6.07) is 0. The number of piperazine rings is 1. The maximum absolute atomic E-state index is 9.18. The summed E-state index contributed by atoms with van der Waals surface area (Å²) in [4.78, 5) is 29.4. The number of β-amino-alcohol motifs (C(OH)–C–C–N with tert-alkyl or cyclic N) is 1. The predicted molar refractivity (Wildman–Crippen MR) is 119 cm³/mol. The Balaban J connectivity index is 1.51. The van der Waals surface area contributed by atoms with Gasteiger partial charge in [-0.1, -0.05) is 11.3 Å². The molecule has 0 unspecified atom stereocenters. The number of anilines is 3. The van der Waals surface area contributed by atoms with Crippen LogP contribution in [0, 0.1) is 0 Å². The van der Waals surface area contributed by atoms with Gasteiger partial charge in [-0.2, -0.15) is 4.98 Å². The molecule has 0 spiro atoms. The molecular weight excluding hydrogens is 418 g/mol. The molecule has 0 bridgehead atoms. The summed E-state index contributed by atoms with van der Waals surface area (Å²) in [5, 5.41) is 10.1. The fourth-order valence-electron chi connectivity index (χ4n) is 3.81. The SMILES string of the molecule is Nc1ncc(-c2nc(N3CCOCC3)c3sc(N4CCN(CCO)CC4)nc3n2)cn1. The van der Waals surface area contributed by atoms with Gasteiger partial charge in [0.25, 0.3) is 0 Å². The second-order valence-corrected chi connectivity index (χ2v) is 8.48. The van der Waals surface area contributed by atoms with E-state index in [0.717, 1.165) is 54.9 Å². The van der Waals surface area contributed by atoms with E-state index in [-0.39, 0.29) is 12.6 Å². The summed E-state index contributed by atoms with van der Waals surface area (Å²) in [6.07, 6.45) is 3.28. The fourth-order valence-corrected chi connectivity index (χ4v) is 4.89. The van der Waals surface area contributed by atoms with Crippen molar-refractivity contribution >= 4 is 38.6 Å². The predicted octanol–water partition coefficient (Wildman–Crippen LogP) is 0.0764. The molecule has 0 saturated carbocycles. The van der Waals surface area contributed by atoms with Crippen LogP contribution in [0.1, 0.15) is 0 Å². The Morgan fingerprint density at radius 2 is 1.71 bits per heavy atom. The first kappa shape index (κ1) is 20.2. The van der Waals surface area contributed by atoms with Gasteiger partial charge in [0, 0.05) is 58.2 Å². The molecule has 5 heterocycles. The molecule has 2 saturated heterocycles. The maximum atomic E-state index is 9.18. The average molecular weight is 444 g/mol. The molecule has 3 aromatic heterocycles. The van der Waals surface area contributed by atoms with Gasteiger partial charge in [0.2, 0.25) is 5.95 Å². The minimum atomic E-state index is 0.192. The second-order valence-electron chi connectivity index (χ2n) is 7.50. The van der Waals surface area contributed by atoms with Gasteiger partial charge < -0.3 is 25.4 Å². The van der Waals surface area contributed by atoms with E-state index >= 15 is 0 Å². The first-order valence-electron chi connectivity index (χ1n) is 10.4. The molecule has 164 valence electrons. The van der Waals surface area contributed by atoms with Crippen LogP contribution in [0.15, 0.2) is 12.4 Å². The lowest BCUT2D eigenvalue weighted by molar-refractivity contribution is 0.122. The Hall–Kier alpha value is -2.67. The maximum Gasteiger partial charge on any atom is 0.219 e. The summed E-state index contributed by atoms with van der Waals surface area (Å²) in [5.74, 6) is 1.64. The van der Waals surface area contributed by atoms with Crippen molar-refractivity contribution in [1.82, 2.24) is 29.8 Å².